The molecule has 0 aliphatic heterocycles. The predicted molar refractivity (Wildman–Crippen MR) is 76.4 cm³/mol. The summed E-state index contributed by atoms with van der Waals surface area (Å²) in [6.07, 6.45) is 3.08. The molecule has 1 N–H and O–H groups in total. The number of benzene rings is 1. The Morgan fingerprint density at radius 1 is 1.28 bits per heavy atom. The summed E-state index contributed by atoms with van der Waals surface area (Å²) in [5, 5.41) is 2.86. The normalized spacial score (nSPS) is 10.3. The fourth-order valence-corrected chi connectivity index (χ4v) is 1.75. The summed E-state index contributed by atoms with van der Waals surface area (Å²) in [7, 11) is 0. The third-order valence-corrected chi connectivity index (χ3v) is 2.93. The van der Waals surface area contributed by atoms with Gasteiger partial charge in [-0.05, 0) is 25.0 Å². The second kappa shape index (κ2) is 9.00. The molecule has 0 aromatic heterocycles. The van der Waals surface area contributed by atoms with E-state index in [0.717, 1.165) is 25.9 Å². The molecule has 0 aliphatic carbocycles. The van der Waals surface area contributed by atoms with Crippen LogP contribution in [0.1, 0.15) is 36.5 Å². The summed E-state index contributed by atoms with van der Waals surface area (Å²) in [6.45, 7) is 4.28. The van der Waals surface area contributed by atoms with E-state index < -0.39 is 0 Å². The zero-order valence-electron chi connectivity index (χ0n) is 10.8. The SMILES string of the molecule is CCCCOCCCNC(=O)c1ccccc1S. The minimum absolute atomic E-state index is 0.0749. The minimum Gasteiger partial charge on any atom is -0.381 e. The van der Waals surface area contributed by atoms with Gasteiger partial charge in [-0.1, -0.05) is 25.5 Å². The molecule has 1 aromatic rings. The lowest BCUT2D eigenvalue weighted by Gasteiger charge is -2.07. The van der Waals surface area contributed by atoms with E-state index in [1.165, 1.54) is 0 Å². The molecule has 1 rings (SSSR count). The van der Waals surface area contributed by atoms with Crippen molar-refractivity contribution in [2.45, 2.75) is 31.1 Å². The van der Waals surface area contributed by atoms with Crippen LogP contribution in [-0.4, -0.2) is 25.7 Å². The van der Waals surface area contributed by atoms with Gasteiger partial charge in [0.2, 0.25) is 0 Å². The lowest BCUT2D eigenvalue weighted by molar-refractivity contribution is 0.0937. The molecule has 4 heteroatoms. The molecule has 0 saturated heterocycles. The molecule has 0 aliphatic rings. The molecule has 1 amide bonds. The zero-order valence-corrected chi connectivity index (χ0v) is 11.7. The van der Waals surface area contributed by atoms with Gasteiger partial charge >= 0.3 is 0 Å². The first-order valence-corrected chi connectivity index (χ1v) is 6.84. The number of amides is 1. The Balaban J connectivity index is 2.16. The van der Waals surface area contributed by atoms with Gasteiger partial charge in [-0.25, -0.2) is 0 Å². The lowest BCUT2D eigenvalue weighted by Crippen LogP contribution is -2.25. The van der Waals surface area contributed by atoms with Gasteiger partial charge in [0.15, 0.2) is 0 Å². The van der Waals surface area contributed by atoms with E-state index in [2.05, 4.69) is 24.9 Å². The molecule has 0 heterocycles. The molecule has 100 valence electrons. The highest BCUT2D eigenvalue weighted by Gasteiger charge is 2.07. The number of thiol groups is 1. The molecule has 18 heavy (non-hydrogen) atoms. The van der Waals surface area contributed by atoms with Crippen LogP contribution in [0, 0.1) is 0 Å². The first-order chi connectivity index (χ1) is 8.75. The van der Waals surface area contributed by atoms with Crippen LogP contribution in [0.5, 0.6) is 0 Å². The van der Waals surface area contributed by atoms with Gasteiger partial charge in [0.1, 0.15) is 0 Å². The van der Waals surface area contributed by atoms with Gasteiger partial charge in [0.05, 0.1) is 5.56 Å². The van der Waals surface area contributed by atoms with Crippen molar-refractivity contribution in [2.24, 2.45) is 0 Å². The van der Waals surface area contributed by atoms with E-state index in [-0.39, 0.29) is 5.91 Å². The van der Waals surface area contributed by atoms with Crippen LogP contribution >= 0.6 is 12.6 Å². The monoisotopic (exact) mass is 267 g/mol. The average molecular weight is 267 g/mol. The molecule has 0 spiro atoms. The van der Waals surface area contributed by atoms with Gasteiger partial charge in [0.25, 0.3) is 5.91 Å². The summed E-state index contributed by atoms with van der Waals surface area (Å²) in [6, 6.07) is 7.28. The second-order valence-electron chi connectivity index (χ2n) is 4.09. The highest BCUT2D eigenvalue weighted by atomic mass is 32.1. The summed E-state index contributed by atoms with van der Waals surface area (Å²) >= 11 is 4.25. The Morgan fingerprint density at radius 3 is 2.72 bits per heavy atom. The van der Waals surface area contributed by atoms with Gasteiger partial charge in [0, 0.05) is 24.7 Å². The predicted octanol–water partition coefficient (Wildman–Crippen LogP) is 2.91. The van der Waals surface area contributed by atoms with E-state index in [1.54, 1.807) is 6.07 Å². The molecule has 0 bridgehead atoms. The van der Waals surface area contributed by atoms with Crippen molar-refractivity contribution >= 4 is 18.5 Å². The Hall–Kier alpha value is -1.00. The molecule has 0 fully saturated rings. The fourth-order valence-electron chi connectivity index (χ4n) is 1.49. The van der Waals surface area contributed by atoms with Crippen molar-refractivity contribution in [3.63, 3.8) is 0 Å². The maximum absolute atomic E-state index is 11.8. The zero-order chi connectivity index (χ0) is 13.2. The fraction of sp³-hybridized carbons (Fsp3) is 0.500. The Kier molecular flexibility index (Phi) is 7.53. The van der Waals surface area contributed by atoms with E-state index in [9.17, 15) is 4.79 Å². The Bertz CT molecular complexity index is 369. The van der Waals surface area contributed by atoms with Crippen LogP contribution in [-0.2, 0) is 4.74 Å². The van der Waals surface area contributed by atoms with Crippen molar-refractivity contribution in [3.8, 4) is 0 Å². The quantitative estimate of drug-likeness (QED) is 0.561. The number of ether oxygens (including phenoxy) is 1. The highest BCUT2D eigenvalue weighted by Crippen LogP contribution is 2.12. The van der Waals surface area contributed by atoms with Crippen molar-refractivity contribution in [2.75, 3.05) is 19.8 Å². The number of nitrogens with one attached hydrogen (secondary N) is 1. The highest BCUT2D eigenvalue weighted by molar-refractivity contribution is 7.80. The smallest absolute Gasteiger partial charge is 0.252 e. The number of unbranched alkanes of at least 4 members (excludes halogenated alkanes) is 1. The van der Waals surface area contributed by atoms with Crippen molar-refractivity contribution in [1.29, 1.82) is 0 Å². The van der Waals surface area contributed by atoms with E-state index in [4.69, 9.17) is 4.74 Å². The summed E-state index contributed by atoms with van der Waals surface area (Å²) < 4.78 is 5.42. The third kappa shape index (κ3) is 5.56. The van der Waals surface area contributed by atoms with Crippen molar-refractivity contribution in [3.05, 3.63) is 29.8 Å². The molecule has 3 nitrogen and oxygen atoms in total. The summed E-state index contributed by atoms with van der Waals surface area (Å²) in [4.78, 5) is 12.5. The molecular formula is C14H21NO2S. The van der Waals surface area contributed by atoms with Gasteiger partial charge in [-0.2, -0.15) is 0 Å². The van der Waals surface area contributed by atoms with Crippen molar-refractivity contribution in [1.82, 2.24) is 5.32 Å². The first-order valence-electron chi connectivity index (χ1n) is 6.39. The molecule has 1 aromatic carbocycles. The number of hydrogen-bond acceptors (Lipinski definition) is 3. The number of hydrogen-bond donors (Lipinski definition) is 2. The standard InChI is InChI=1S/C14H21NO2S/c1-2-3-10-17-11-6-9-15-14(16)12-7-4-5-8-13(12)18/h4-5,7-8,18H,2-3,6,9-11H2,1H3,(H,15,16). The van der Waals surface area contributed by atoms with E-state index in [1.807, 2.05) is 18.2 Å². The maximum atomic E-state index is 11.8. The van der Waals surface area contributed by atoms with Crippen molar-refractivity contribution < 1.29 is 9.53 Å². The molecule has 0 radical (unpaired) electrons. The van der Waals surface area contributed by atoms with Crippen LogP contribution in [0.2, 0.25) is 0 Å². The molecule has 0 atom stereocenters. The average Bonchev–Trinajstić information content (AvgIpc) is 2.38. The second-order valence-corrected chi connectivity index (χ2v) is 4.57. The van der Waals surface area contributed by atoms with Gasteiger partial charge < -0.3 is 10.1 Å². The molecule has 0 unspecified atom stereocenters. The van der Waals surface area contributed by atoms with E-state index >= 15 is 0 Å². The van der Waals surface area contributed by atoms with Crippen LogP contribution in [0.3, 0.4) is 0 Å². The van der Waals surface area contributed by atoms with Crippen LogP contribution in [0.4, 0.5) is 0 Å². The number of carbonyl (C=O) groups excluding carboxylic acids is 1. The van der Waals surface area contributed by atoms with Gasteiger partial charge in [-0.15, -0.1) is 12.6 Å². The Labute approximate surface area is 114 Å². The van der Waals surface area contributed by atoms with Crippen LogP contribution in [0.25, 0.3) is 0 Å². The number of rotatable bonds is 8. The van der Waals surface area contributed by atoms with E-state index in [0.29, 0.717) is 23.6 Å². The Morgan fingerprint density at radius 2 is 2.00 bits per heavy atom. The lowest BCUT2D eigenvalue weighted by atomic mass is 10.2. The molecular weight excluding hydrogens is 246 g/mol. The topological polar surface area (TPSA) is 38.3 Å². The summed E-state index contributed by atoms with van der Waals surface area (Å²) in [5.41, 5.74) is 0.618. The maximum Gasteiger partial charge on any atom is 0.252 e. The summed E-state index contributed by atoms with van der Waals surface area (Å²) in [5.74, 6) is -0.0749. The van der Waals surface area contributed by atoms with Gasteiger partial charge in [-0.3, -0.25) is 4.79 Å². The number of carbonyl (C=O) groups is 1. The minimum atomic E-state index is -0.0749. The first kappa shape index (κ1) is 15.1. The largest absolute Gasteiger partial charge is 0.381 e. The third-order valence-electron chi connectivity index (χ3n) is 2.54. The molecule has 0 saturated carbocycles. The van der Waals surface area contributed by atoms with Crippen LogP contribution < -0.4 is 5.32 Å². The van der Waals surface area contributed by atoms with Crippen LogP contribution in [0.15, 0.2) is 29.2 Å².